The van der Waals surface area contributed by atoms with Crippen LogP contribution in [-0.4, -0.2) is 7.05 Å². The lowest BCUT2D eigenvalue weighted by atomic mass is 10.0. The number of hydrogen-bond donors (Lipinski definition) is 1. The molecule has 0 heterocycles. The molecule has 16 heavy (non-hydrogen) atoms. The van der Waals surface area contributed by atoms with Crippen LogP contribution in [0.3, 0.4) is 0 Å². The number of halogens is 1. The Morgan fingerprint density at radius 2 is 1.69 bits per heavy atom. The Balaban J connectivity index is 2.18. The van der Waals surface area contributed by atoms with Crippen LogP contribution in [0.5, 0.6) is 0 Å². The fraction of sp³-hybridized carbons (Fsp3) is 0.143. The quantitative estimate of drug-likeness (QED) is 0.826. The van der Waals surface area contributed by atoms with Crippen LogP contribution in [-0.2, 0) is 6.42 Å². The highest BCUT2D eigenvalue weighted by molar-refractivity contribution is 5.44. The van der Waals surface area contributed by atoms with E-state index >= 15 is 0 Å². The Morgan fingerprint density at radius 3 is 2.31 bits per heavy atom. The van der Waals surface area contributed by atoms with Crippen molar-refractivity contribution < 1.29 is 4.39 Å². The number of hydrogen-bond acceptors (Lipinski definition) is 1. The second-order valence-electron chi connectivity index (χ2n) is 3.72. The lowest BCUT2D eigenvalue weighted by Crippen LogP contribution is -1.93. The molecule has 0 fully saturated rings. The number of benzene rings is 2. The predicted molar refractivity (Wildman–Crippen MR) is 65.2 cm³/mol. The molecule has 0 aliphatic carbocycles. The van der Waals surface area contributed by atoms with Gasteiger partial charge >= 0.3 is 0 Å². The van der Waals surface area contributed by atoms with Crippen LogP contribution in [0.15, 0.2) is 48.5 Å². The summed E-state index contributed by atoms with van der Waals surface area (Å²) < 4.78 is 13.4. The van der Waals surface area contributed by atoms with Gasteiger partial charge < -0.3 is 5.32 Å². The van der Waals surface area contributed by atoms with E-state index in [-0.39, 0.29) is 5.82 Å². The summed E-state index contributed by atoms with van der Waals surface area (Å²) in [7, 11) is 1.88. The second-order valence-corrected chi connectivity index (χ2v) is 3.72. The Labute approximate surface area is 94.9 Å². The van der Waals surface area contributed by atoms with Crippen LogP contribution in [0.4, 0.5) is 10.1 Å². The van der Waals surface area contributed by atoms with E-state index in [1.165, 1.54) is 6.07 Å². The topological polar surface area (TPSA) is 12.0 Å². The van der Waals surface area contributed by atoms with Crippen LogP contribution >= 0.6 is 0 Å². The molecular formula is C14H14FN. The minimum absolute atomic E-state index is 0.139. The average molecular weight is 215 g/mol. The summed E-state index contributed by atoms with van der Waals surface area (Å²) in [6.07, 6.45) is 0.636. The molecule has 2 rings (SSSR count). The lowest BCUT2D eigenvalue weighted by molar-refractivity contribution is 0.614. The highest BCUT2D eigenvalue weighted by Crippen LogP contribution is 2.15. The molecule has 2 aromatic rings. The SMILES string of the molecule is CNc1ccc(Cc2ccccc2F)cc1. The maximum absolute atomic E-state index is 13.4. The molecule has 0 spiro atoms. The molecule has 1 nitrogen and oxygen atoms in total. The Hall–Kier alpha value is -1.83. The maximum atomic E-state index is 13.4. The molecule has 0 atom stereocenters. The van der Waals surface area contributed by atoms with Crippen molar-refractivity contribution in [2.45, 2.75) is 6.42 Å². The average Bonchev–Trinajstić information content (AvgIpc) is 2.33. The molecule has 1 N–H and O–H groups in total. The van der Waals surface area contributed by atoms with Crippen LogP contribution in [0, 0.1) is 5.82 Å². The molecule has 0 unspecified atom stereocenters. The van der Waals surface area contributed by atoms with Gasteiger partial charge in [-0.2, -0.15) is 0 Å². The van der Waals surface area contributed by atoms with E-state index < -0.39 is 0 Å². The molecule has 82 valence electrons. The van der Waals surface area contributed by atoms with Crippen molar-refractivity contribution in [1.29, 1.82) is 0 Å². The van der Waals surface area contributed by atoms with Gasteiger partial charge in [0.1, 0.15) is 5.82 Å². The minimum Gasteiger partial charge on any atom is -0.388 e. The van der Waals surface area contributed by atoms with E-state index in [1.807, 2.05) is 43.4 Å². The summed E-state index contributed by atoms with van der Waals surface area (Å²) in [6, 6.07) is 14.9. The Kier molecular flexibility index (Phi) is 3.20. The van der Waals surface area contributed by atoms with Gasteiger partial charge in [0.15, 0.2) is 0 Å². The van der Waals surface area contributed by atoms with Gasteiger partial charge in [0, 0.05) is 19.2 Å². The van der Waals surface area contributed by atoms with Gasteiger partial charge in [0.2, 0.25) is 0 Å². The van der Waals surface area contributed by atoms with E-state index in [4.69, 9.17) is 0 Å². The van der Waals surface area contributed by atoms with Crippen molar-refractivity contribution in [3.8, 4) is 0 Å². The maximum Gasteiger partial charge on any atom is 0.126 e. The normalized spacial score (nSPS) is 10.1. The fourth-order valence-electron chi connectivity index (χ4n) is 1.65. The van der Waals surface area contributed by atoms with Gasteiger partial charge in [-0.1, -0.05) is 30.3 Å². The second kappa shape index (κ2) is 4.79. The third kappa shape index (κ3) is 2.40. The summed E-state index contributed by atoms with van der Waals surface area (Å²) in [6.45, 7) is 0. The molecule has 0 saturated carbocycles. The monoisotopic (exact) mass is 215 g/mol. The first-order chi connectivity index (χ1) is 7.79. The highest BCUT2D eigenvalue weighted by Gasteiger charge is 2.01. The summed E-state index contributed by atoms with van der Waals surface area (Å²) in [5.74, 6) is -0.139. The van der Waals surface area contributed by atoms with Crippen molar-refractivity contribution in [2.75, 3.05) is 12.4 Å². The van der Waals surface area contributed by atoms with Crippen LogP contribution < -0.4 is 5.32 Å². The van der Waals surface area contributed by atoms with Gasteiger partial charge in [-0.15, -0.1) is 0 Å². The van der Waals surface area contributed by atoms with Crippen molar-refractivity contribution in [2.24, 2.45) is 0 Å². The Bertz CT molecular complexity index is 462. The third-order valence-electron chi connectivity index (χ3n) is 2.60. The number of rotatable bonds is 3. The first kappa shape index (κ1) is 10.7. The van der Waals surface area contributed by atoms with Gasteiger partial charge in [0.25, 0.3) is 0 Å². The summed E-state index contributed by atoms with van der Waals surface area (Å²) in [5, 5.41) is 3.06. The molecule has 2 aromatic carbocycles. The zero-order valence-electron chi connectivity index (χ0n) is 9.20. The zero-order chi connectivity index (χ0) is 11.4. The molecule has 0 bridgehead atoms. The zero-order valence-corrected chi connectivity index (χ0v) is 9.20. The number of anilines is 1. The van der Waals surface area contributed by atoms with Crippen molar-refractivity contribution in [1.82, 2.24) is 0 Å². The molecule has 0 saturated heterocycles. The van der Waals surface area contributed by atoms with E-state index in [2.05, 4.69) is 5.32 Å². The number of nitrogens with one attached hydrogen (secondary N) is 1. The van der Waals surface area contributed by atoms with Gasteiger partial charge in [-0.05, 0) is 29.3 Å². The molecule has 0 aromatic heterocycles. The smallest absolute Gasteiger partial charge is 0.126 e. The minimum atomic E-state index is -0.139. The summed E-state index contributed by atoms with van der Waals surface area (Å²) in [5.41, 5.74) is 2.92. The summed E-state index contributed by atoms with van der Waals surface area (Å²) >= 11 is 0. The molecule has 0 aliphatic heterocycles. The molecule has 0 amide bonds. The van der Waals surface area contributed by atoms with Crippen LogP contribution in [0.25, 0.3) is 0 Å². The van der Waals surface area contributed by atoms with E-state index in [1.54, 1.807) is 6.07 Å². The molecule has 0 aliphatic rings. The van der Waals surface area contributed by atoms with E-state index in [9.17, 15) is 4.39 Å². The molecule has 0 radical (unpaired) electrons. The first-order valence-electron chi connectivity index (χ1n) is 5.29. The van der Waals surface area contributed by atoms with Gasteiger partial charge in [-0.25, -0.2) is 4.39 Å². The fourth-order valence-corrected chi connectivity index (χ4v) is 1.65. The highest BCUT2D eigenvalue weighted by atomic mass is 19.1. The van der Waals surface area contributed by atoms with Crippen molar-refractivity contribution >= 4 is 5.69 Å². The predicted octanol–water partition coefficient (Wildman–Crippen LogP) is 3.46. The summed E-state index contributed by atoms with van der Waals surface area (Å²) in [4.78, 5) is 0. The van der Waals surface area contributed by atoms with Crippen LogP contribution in [0.1, 0.15) is 11.1 Å². The van der Waals surface area contributed by atoms with Gasteiger partial charge in [-0.3, -0.25) is 0 Å². The Morgan fingerprint density at radius 1 is 1.00 bits per heavy atom. The molecular weight excluding hydrogens is 201 g/mol. The first-order valence-corrected chi connectivity index (χ1v) is 5.29. The standard InChI is InChI=1S/C14H14FN/c1-16-13-8-6-11(7-9-13)10-12-4-2-3-5-14(12)15/h2-9,16H,10H2,1H3. The lowest BCUT2D eigenvalue weighted by Gasteiger charge is -2.05. The van der Waals surface area contributed by atoms with Crippen molar-refractivity contribution in [3.63, 3.8) is 0 Å². The largest absolute Gasteiger partial charge is 0.388 e. The molecule has 2 heteroatoms. The van der Waals surface area contributed by atoms with Gasteiger partial charge in [0.05, 0.1) is 0 Å². The van der Waals surface area contributed by atoms with E-state index in [0.29, 0.717) is 6.42 Å². The van der Waals surface area contributed by atoms with Crippen LogP contribution in [0.2, 0.25) is 0 Å². The third-order valence-corrected chi connectivity index (χ3v) is 2.60. The van der Waals surface area contributed by atoms with E-state index in [0.717, 1.165) is 16.8 Å². The van der Waals surface area contributed by atoms with Crippen molar-refractivity contribution in [3.05, 3.63) is 65.5 Å².